The molecule has 2 aliphatic heterocycles. The Morgan fingerprint density at radius 3 is 2.15 bits per heavy atom. The molecular weight excluding hydrogens is 248 g/mol. The van der Waals surface area contributed by atoms with E-state index in [-0.39, 0.29) is 23.4 Å². The topological polar surface area (TPSA) is 25.1 Å². The molecule has 2 saturated heterocycles. The summed E-state index contributed by atoms with van der Waals surface area (Å²) in [6, 6.07) is 20.9. The fraction of sp³-hybridized carbons (Fsp3) is 0.222. The van der Waals surface area contributed by atoms with Crippen molar-refractivity contribution in [3.63, 3.8) is 0 Å². The van der Waals surface area contributed by atoms with E-state index < -0.39 is 0 Å². The molecule has 1 aliphatic carbocycles. The van der Waals surface area contributed by atoms with Gasteiger partial charge in [-0.05, 0) is 17.2 Å². The molecule has 20 heavy (non-hydrogen) atoms. The van der Waals surface area contributed by atoms with E-state index in [4.69, 9.17) is 9.47 Å². The van der Waals surface area contributed by atoms with Gasteiger partial charge in [-0.2, -0.15) is 0 Å². The van der Waals surface area contributed by atoms with E-state index >= 15 is 0 Å². The second-order valence-electron chi connectivity index (χ2n) is 5.69. The SMILES string of the molecule is C1=CC2(c3ccccc3)OC2(c2ccccc2)C2OC12. The summed E-state index contributed by atoms with van der Waals surface area (Å²) in [6.07, 6.45) is 4.69. The third-order valence-electron chi connectivity index (χ3n) is 4.68. The second kappa shape index (κ2) is 3.40. The van der Waals surface area contributed by atoms with Crippen molar-refractivity contribution in [2.24, 2.45) is 0 Å². The normalized spacial score (nSPS) is 39.8. The van der Waals surface area contributed by atoms with Crippen molar-refractivity contribution in [2.45, 2.75) is 23.4 Å². The van der Waals surface area contributed by atoms with Crippen LogP contribution in [-0.2, 0) is 20.7 Å². The maximum atomic E-state index is 6.37. The third-order valence-corrected chi connectivity index (χ3v) is 4.68. The molecule has 0 bridgehead atoms. The summed E-state index contributed by atoms with van der Waals surface area (Å²) in [4.78, 5) is 0. The number of fused-ring (bicyclic) bond motifs is 3. The zero-order chi connectivity index (χ0) is 13.2. The van der Waals surface area contributed by atoms with Crippen LogP contribution in [0.1, 0.15) is 11.1 Å². The van der Waals surface area contributed by atoms with Crippen molar-refractivity contribution in [1.29, 1.82) is 0 Å². The van der Waals surface area contributed by atoms with E-state index in [0.717, 1.165) is 0 Å². The lowest BCUT2D eigenvalue weighted by Gasteiger charge is -2.19. The molecule has 0 radical (unpaired) electrons. The Morgan fingerprint density at radius 1 is 0.800 bits per heavy atom. The Hall–Kier alpha value is -1.90. The first-order valence-electron chi connectivity index (χ1n) is 7.03. The van der Waals surface area contributed by atoms with Gasteiger partial charge in [0.2, 0.25) is 0 Å². The lowest BCUT2D eigenvalue weighted by atomic mass is 9.76. The number of ether oxygens (including phenoxy) is 2. The Balaban J connectivity index is 1.71. The summed E-state index contributed by atoms with van der Waals surface area (Å²) in [5, 5.41) is 0. The molecule has 0 spiro atoms. The summed E-state index contributed by atoms with van der Waals surface area (Å²) in [6.45, 7) is 0. The van der Waals surface area contributed by atoms with Crippen LogP contribution in [0.3, 0.4) is 0 Å². The van der Waals surface area contributed by atoms with Gasteiger partial charge in [0.05, 0.1) is 0 Å². The fourth-order valence-electron chi connectivity index (χ4n) is 3.66. The molecule has 0 saturated carbocycles. The number of epoxide rings is 2. The van der Waals surface area contributed by atoms with Gasteiger partial charge in [-0.15, -0.1) is 0 Å². The smallest absolute Gasteiger partial charge is 0.160 e. The largest absolute Gasteiger partial charge is 0.361 e. The van der Waals surface area contributed by atoms with Crippen molar-refractivity contribution < 1.29 is 9.47 Å². The minimum Gasteiger partial charge on any atom is -0.361 e. The molecule has 0 aromatic heterocycles. The van der Waals surface area contributed by atoms with Gasteiger partial charge in [0.25, 0.3) is 0 Å². The number of hydrogen-bond acceptors (Lipinski definition) is 2. The molecule has 0 amide bonds. The molecule has 98 valence electrons. The Morgan fingerprint density at radius 2 is 1.45 bits per heavy atom. The zero-order valence-corrected chi connectivity index (χ0v) is 10.9. The van der Waals surface area contributed by atoms with E-state index in [9.17, 15) is 0 Å². The highest BCUT2D eigenvalue weighted by molar-refractivity contribution is 5.51. The van der Waals surface area contributed by atoms with E-state index in [1.165, 1.54) is 11.1 Å². The predicted octanol–water partition coefficient (Wildman–Crippen LogP) is 3.14. The summed E-state index contributed by atoms with van der Waals surface area (Å²) in [7, 11) is 0. The molecular formula is C18H14O2. The van der Waals surface area contributed by atoms with Gasteiger partial charge in [0.1, 0.15) is 17.8 Å². The fourth-order valence-corrected chi connectivity index (χ4v) is 3.66. The van der Waals surface area contributed by atoms with Crippen molar-refractivity contribution in [2.75, 3.05) is 0 Å². The maximum Gasteiger partial charge on any atom is 0.160 e. The summed E-state index contributed by atoms with van der Waals surface area (Å²) in [5.74, 6) is 0. The van der Waals surface area contributed by atoms with Crippen LogP contribution in [-0.4, -0.2) is 12.2 Å². The number of benzene rings is 2. The average Bonchev–Trinajstić information content (AvgIpc) is 3.40. The van der Waals surface area contributed by atoms with Crippen LogP contribution >= 0.6 is 0 Å². The molecule has 2 fully saturated rings. The standard InChI is InChI=1S/C18H14O2/c1-3-7-13(8-4-1)17-12-11-15-16(19-15)18(17,20-17)14-9-5-2-6-10-14/h1-12,15-16H. The molecule has 2 heteroatoms. The zero-order valence-electron chi connectivity index (χ0n) is 10.9. The first-order valence-corrected chi connectivity index (χ1v) is 7.03. The number of rotatable bonds is 2. The van der Waals surface area contributed by atoms with E-state index in [0.29, 0.717) is 0 Å². The van der Waals surface area contributed by atoms with Gasteiger partial charge in [0.15, 0.2) is 5.60 Å². The third kappa shape index (κ3) is 1.13. The van der Waals surface area contributed by atoms with Gasteiger partial charge >= 0.3 is 0 Å². The van der Waals surface area contributed by atoms with Gasteiger partial charge in [-0.25, -0.2) is 0 Å². The Labute approximate surface area is 117 Å². The van der Waals surface area contributed by atoms with Crippen LogP contribution in [0.4, 0.5) is 0 Å². The summed E-state index contributed by atoms with van der Waals surface area (Å²) in [5.41, 5.74) is 1.72. The molecule has 2 nitrogen and oxygen atoms in total. The van der Waals surface area contributed by atoms with Crippen LogP contribution in [0, 0.1) is 0 Å². The predicted molar refractivity (Wildman–Crippen MR) is 75.1 cm³/mol. The highest BCUT2D eigenvalue weighted by Gasteiger charge is 2.81. The van der Waals surface area contributed by atoms with Crippen LogP contribution in [0.2, 0.25) is 0 Å². The minimum atomic E-state index is -0.354. The van der Waals surface area contributed by atoms with Crippen LogP contribution in [0.15, 0.2) is 72.8 Å². The lowest BCUT2D eigenvalue weighted by Crippen LogP contribution is -2.30. The first-order chi connectivity index (χ1) is 9.87. The Kier molecular flexibility index (Phi) is 1.84. The van der Waals surface area contributed by atoms with Gasteiger partial charge in [0, 0.05) is 0 Å². The highest BCUT2D eigenvalue weighted by Crippen LogP contribution is 2.71. The van der Waals surface area contributed by atoms with Crippen molar-refractivity contribution in [3.8, 4) is 0 Å². The van der Waals surface area contributed by atoms with E-state index in [2.05, 4.69) is 60.7 Å². The molecule has 4 atom stereocenters. The molecule has 2 heterocycles. The summed E-state index contributed by atoms with van der Waals surface area (Å²) >= 11 is 0. The van der Waals surface area contributed by atoms with Crippen molar-refractivity contribution in [3.05, 3.63) is 83.9 Å². The average molecular weight is 262 g/mol. The lowest BCUT2D eigenvalue weighted by molar-refractivity contribution is 0.229. The molecule has 4 unspecified atom stereocenters. The van der Waals surface area contributed by atoms with Crippen molar-refractivity contribution >= 4 is 0 Å². The van der Waals surface area contributed by atoms with Gasteiger partial charge in [-0.3, -0.25) is 0 Å². The Bertz CT molecular complexity index is 694. The molecule has 2 aromatic carbocycles. The van der Waals surface area contributed by atoms with Crippen LogP contribution in [0.25, 0.3) is 0 Å². The van der Waals surface area contributed by atoms with E-state index in [1.54, 1.807) is 0 Å². The monoisotopic (exact) mass is 262 g/mol. The highest BCUT2D eigenvalue weighted by atomic mass is 16.7. The van der Waals surface area contributed by atoms with Gasteiger partial charge < -0.3 is 9.47 Å². The molecule has 5 rings (SSSR count). The second-order valence-corrected chi connectivity index (χ2v) is 5.69. The van der Waals surface area contributed by atoms with Crippen molar-refractivity contribution in [1.82, 2.24) is 0 Å². The first kappa shape index (κ1) is 10.8. The van der Waals surface area contributed by atoms with Crippen LogP contribution in [0.5, 0.6) is 0 Å². The molecule has 0 N–H and O–H groups in total. The van der Waals surface area contributed by atoms with Crippen LogP contribution < -0.4 is 0 Å². The van der Waals surface area contributed by atoms with Gasteiger partial charge in [-0.1, -0.05) is 66.7 Å². The van der Waals surface area contributed by atoms with E-state index in [1.807, 2.05) is 12.1 Å². The quantitative estimate of drug-likeness (QED) is 0.613. The molecule has 2 aromatic rings. The molecule has 3 aliphatic rings. The summed E-state index contributed by atoms with van der Waals surface area (Å²) < 4.78 is 12.2. The minimum absolute atomic E-state index is 0.148. The maximum absolute atomic E-state index is 6.37. The number of hydrogen-bond donors (Lipinski definition) is 0.